The van der Waals surface area contributed by atoms with Gasteiger partial charge in [0.1, 0.15) is 24.4 Å². The van der Waals surface area contributed by atoms with Crippen LogP contribution in [0.2, 0.25) is 0 Å². The minimum atomic E-state index is -1.57. The van der Waals surface area contributed by atoms with Gasteiger partial charge in [0.15, 0.2) is 6.29 Å². The molecule has 1 fully saturated rings. The van der Waals surface area contributed by atoms with Crippen LogP contribution in [0.5, 0.6) is 0 Å². The lowest BCUT2D eigenvalue weighted by atomic mass is 9.99. The smallest absolute Gasteiger partial charge is 0.305 e. The molecule has 1 aliphatic heterocycles. The average Bonchev–Trinajstić information content (AvgIpc) is 3.40. The molecule has 11 nitrogen and oxygen atoms in total. The van der Waals surface area contributed by atoms with Gasteiger partial charge in [-0.25, -0.2) is 0 Å². The number of ether oxygens (including phenoxy) is 3. The van der Waals surface area contributed by atoms with Crippen molar-refractivity contribution in [3.05, 3.63) is 60.8 Å². The summed E-state index contributed by atoms with van der Waals surface area (Å²) < 4.78 is 16.7. The van der Waals surface area contributed by atoms with Crippen LogP contribution < -0.4 is 5.32 Å². The third-order valence-corrected chi connectivity index (χ3v) is 17.6. The minimum absolute atomic E-state index is 0.00354. The van der Waals surface area contributed by atoms with Crippen molar-refractivity contribution in [3.63, 3.8) is 0 Å². The SMILES string of the molecule is CCCCCC/C=C\C/C=C\CCCCCCCC(=O)OCCCCCCCCCCCCC/C=C\C/C=C\CCCCCCCCCCCCCCCCCCCC(=O)NC(COC1OC(CO)C(O)C(O)C1O)C(O)/C=C/CCCCCCCCC. The van der Waals surface area contributed by atoms with Gasteiger partial charge in [0.2, 0.25) is 5.91 Å². The number of aliphatic hydroxyl groups excluding tert-OH is 5. The summed E-state index contributed by atoms with van der Waals surface area (Å²) in [6.45, 7) is 4.32. The fourth-order valence-electron chi connectivity index (χ4n) is 11.7. The van der Waals surface area contributed by atoms with Gasteiger partial charge < -0.3 is 45.1 Å². The summed E-state index contributed by atoms with van der Waals surface area (Å²) >= 11 is 0. The number of nitrogens with one attached hydrogen (secondary N) is 1. The molecule has 514 valence electrons. The van der Waals surface area contributed by atoms with E-state index in [0.717, 1.165) is 70.6 Å². The maximum Gasteiger partial charge on any atom is 0.305 e. The number of aliphatic hydroxyl groups is 5. The van der Waals surface area contributed by atoms with Crippen LogP contribution in [-0.4, -0.2) is 100 Å². The van der Waals surface area contributed by atoms with Crippen molar-refractivity contribution in [2.45, 2.75) is 397 Å². The number of allylic oxidation sites excluding steroid dienone is 9. The van der Waals surface area contributed by atoms with Crippen LogP contribution in [0.4, 0.5) is 0 Å². The highest BCUT2D eigenvalue weighted by molar-refractivity contribution is 5.76. The summed E-state index contributed by atoms with van der Waals surface area (Å²) in [6.07, 6.45) is 78.2. The summed E-state index contributed by atoms with van der Waals surface area (Å²) in [4.78, 5) is 25.1. The summed E-state index contributed by atoms with van der Waals surface area (Å²) in [5.41, 5.74) is 0. The van der Waals surface area contributed by atoms with Gasteiger partial charge in [0, 0.05) is 12.8 Å². The molecule has 1 rings (SSSR count). The third-order valence-electron chi connectivity index (χ3n) is 17.6. The zero-order valence-electron chi connectivity index (χ0n) is 57.2. The molecule has 11 heteroatoms. The monoisotopic (exact) mass is 1240 g/mol. The summed E-state index contributed by atoms with van der Waals surface area (Å²) in [5.74, 6) is -0.184. The molecular weight excluding hydrogens is 1100 g/mol. The van der Waals surface area contributed by atoms with Crippen LogP contribution in [0.3, 0.4) is 0 Å². The molecule has 0 aliphatic carbocycles. The molecule has 1 saturated heterocycles. The van der Waals surface area contributed by atoms with Crippen molar-refractivity contribution in [2.75, 3.05) is 19.8 Å². The molecule has 0 radical (unpaired) electrons. The predicted molar refractivity (Wildman–Crippen MR) is 370 cm³/mol. The Kier molecular flexibility index (Phi) is 62.4. The molecule has 0 aromatic heterocycles. The zero-order chi connectivity index (χ0) is 63.7. The molecule has 7 atom stereocenters. The summed E-state index contributed by atoms with van der Waals surface area (Å²) in [6, 6.07) is -0.807. The van der Waals surface area contributed by atoms with Crippen molar-refractivity contribution in [3.8, 4) is 0 Å². The van der Waals surface area contributed by atoms with Crippen molar-refractivity contribution < 1.29 is 49.3 Å². The van der Waals surface area contributed by atoms with Gasteiger partial charge in [-0.15, -0.1) is 0 Å². The summed E-state index contributed by atoms with van der Waals surface area (Å²) in [5, 5.41) is 54.3. The normalized spacial score (nSPS) is 18.1. The summed E-state index contributed by atoms with van der Waals surface area (Å²) in [7, 11) is 0. The van der Waals surface area contributed by atoms with Gasteiger partial charge in [-0.3, -0.25) is 9.59 Å². The van der Waals surface area contributed by atoms with Crippen LogP contribution >= 0.6 is 0 Å². The Morgan fingerprint density at radius 3 is 1.16 bits per heavy atom. The van der Waals surface area contributed by atoms with E-state index in [9.17, 15) is 35.1 Å². The van der Waals surface area contributed by atoms with Crippen LogP contribution in [0.25, 0.3) is 0 Å². The van der Waals surface area contributed by atoms with Gasteiger partial charge in [-0.05, 0) is 96.3 Å². The molecular formula is C77H141NO10. The molecule has 7 unspecified atom stereocenters. The minimum Gasteiger partial charge on any atom is -0.466 e. The predicted octanol–water partition coefficient (Wildman–Crippen LogP) is 19.7. The van der Waals surface area contributed by atoms with Crippen molar-refractivity contribution in [2.24, 2.45) is 0 Å². The zero-order valence-corrected chi connectivity index (χ0v) is 57.2. The first-order valence-corrected chi connectivity index (χ1v) is 37.6. The molecule has 0 bridgehead atoms. The van der Waals surface area contributed by atoms with Crippen molar-refractivity contribution in [1.82, 2.24) is 5.32 Å². The van der Waals surface area contributed by atoms with E-state index in [0.29, 0.717) is 19.4 Å². The first kappa shape index (κ1) is 83.4. The Hall–Kier alpha value is -2.64. The largest absolute Gasteiger partial charge is 0.466 e. The third kappa shape index (κ3) is 54.0. The maximum absolute atomic E-state index is 13.0. The van der Waals surface area contributed by atoms with Crippen LogP contribution in [-0.2, 0) is 23.8 Å². The Labute approximate surface area is 541 Å². The number of carbonyl (C=O) groups excluding carboxylic acids is 2. The molecule has 1 amide bonds. The van der Waals surface area contributed by atoms with E-state index in [-0.39, 0.29) is 18.5 Å². The standard InChI is InChI=1S/C77H141NO10/c1-3-5-7-9-11-13-14-15-16-39-42-45-49-53-57-61-65-73(82)86-66-62-58-54-50-46-43-40-37-35-33-31-29-27-25-23-21-19-17-18-20-22-24-26-28-30-32-34-36-38-41-44-48-52-56-60-64-72(81)78-69(70(80)63-59-55-51-47-12-10-8-6-4-2)68-87-77-76(85)75(84)74(83)71(67-79)88-77/h13-14,16,19,21,25,27,39,59,63,69-71,74-77,79-80,83-85H,3-12,15,17-18,20,22-24,26,28-38,40-58,60-62,64-68H2,1-2H3,(H,78,81)/b14-13-,21-19-,27-25-,39-16-,63-59+. The van der Waals surface area contributed by atoms with E-state index in [4.69, 9.17) is 14.2 Å². The van der Waals surface area contributed by atoms with E-state index >= 15 is 0 Å². The van der Waals surface area contributed by atoms with E-state index in [1.807, 2.05) is 6.08 Å². The maximum atomic E-state index is 13.0. The van der Waals surface area contributed by atoms with Gasteiger partial charge in [-0.1, -0.05) is 306 Å². The van der Waals surface area contributed by atoms with Crippen molar-refractivity contribution >= 4 is 11.9 Å². The lowest BCUT2D eigenvalue weighted by Gasteiger charge is -2.40. The number of unbranched alkanes of at least 4 members (excludes halogenated alkanes) is 44. The molecule has 0 aromatic carbocycles. The van der Waals surface area contributed by atoms with Gasteiger partial charge in [0.25, 0.3) is 0 Å². The lowest BCUT2D eigenvalue weighted by molar-refractivity contribution is -0.302. The van der Waals surface area contributed by atoms with E-state index in [1.54, 1.807) is 6.08 Å². The molecule has 6 N–H and O–H groups in total. The second-order valence-corrected chi connectivity index (χ2v) is 26.0. The molecule has 1 heterocycles. The Morgan fingerprint density at radius 1 is 0.420 bits per heavy atom. The fourth-order valence-corrected chi connectivity index (χ4v) is 11.7. The first-order chi connectivity index (χ1) is 43.2. The lowest BCUT2D eigenvalue weighted by Crippen LogP contribution is -2.60. The number of hydrogen-bond acceptors (Lipinski definition) is 10. The van der Waals surface area contributed by atoms with Crippen LogP contribution in [0.1, 0.15) is 354 Å². The second kappa shape index (κ2) is 65.8. The Morgan fingerprint density at radius 2 is 0.761 bits per heavy atom. The van der Waals surface area contributed by atoms with E-state index in [2.05, 4.69) is 67.8 Å². The number of esters is 1. The second-order valence-electron chi connectivity index (χ2n) is 26.0. The van der Waals surface area contributed by atoms with Crippen LogP contribution in [0.15, 0.2) is 60.8 Å². The quantitative estimate of drug-likeness (QED) is 0.0195. The fraction of sp³-hybridized carbons (Fsp3) is 0.844. The highest BCUT2D eigenvalue weighted by atomic mass is 16.7. The molecule has 0 saturated carbocycles. The number of hydrogen-bond donors (Lipinski definition) is 6. The van der Waals surface area contributed by atoms with Crippen molar-refractivity contribution in [1.29, 1.82) is 0 Å². The van der Waals surface area contributed by atoms with Gasteiger partial charge in [-0.2, -0.15) is 0 Å². The Bertz CT molecular complexity index is 1650. The number of carbonyl (C=O) groups is 2. The highest BCUT2D eigenvalue weighted by Crippen LogP contribution is 2.23. The van der Waals surface area contributed by atoms with Crippen LogP contribution in [0, 0.1) is 0 Å². The molecule has 0 spiro atoms. The van der Waals surface area contributed by atoms with Gasteiger partial charge >= 0.3 is 5.97 Å². The first-order valence-electron chi connectivity index (χ1n) is 37.6. The number of rotatable bonds is 66. The van der Waals surface area contributed by atoms with Gasteiger partial charge in [0.05, 0.1) is 32.0 Å². The topological polar surface area (TPSA) is 175 Å². The molecule has 0 aromatic rings. The highest BCUT2D eigenvalue weighted by Gasteiger charge is 2.44. The molecule has 88 heavy (non-hydrogen) atoms. The number of amides is 1. The Balaban J connectivity index is 1.89. The average molecular weight is 1240 g/mol. The molecule has 1 aliphatic rings. The van der Waals surface area contributed by atoms with E-state index < -0.39 is 49.5 Å². The van der Waals surface area contributed by atoms with E-state index in [1.165, 1.54) is 257 Å².